The zero-order chi connectivity index (χ0) is 18.2. The lowest BCUT2D eigenvalue weighted by Gasteiger charge is -2.23. The van der Waals surface area contributed by atoms with Gasteiger partial charge in [-0.2, -0.15) is 0 Å². The molecule has 0 radical (unpaired) electrons. The van der Waals surface area contributed by atoms with Crippen LogP contribution in [0.25, 0.3) is 10.8 Å². The molecule has 1 unspecified atom stereocenters. The van der Waals surface area contributed by atoms with Gasteiger partial charge in [-0.15, -0.1) is 18.8 Å². The van der Waals surface area contributed by atoms with E-state index < -0.39 is 6.10 Å². The molecule has 0 saturated heterocycles. The van der Waals surface area contributed by atoms with Crippen LogP contribution >= 0.6 is 0 Å². The van der Waals surface area contributed by atoms with Gasteiger partial charge in [0.25, 0.3) is 0 Å². The van der Waals surface area contributed by atoms with Crippen LogP contribution in [0.3, 0.4) is 0 Å². The third kappa shape index (κ3) is 5.26. The fourth-order valence-corrected chi connectivity index (χ4v) is 2.77. The number of nitrogens with zero attached hydrogens (tertiary/aromatic N) is 2. The number of benzene rings is 2. The molecule has 2 aromatic carbocycles. The highest BCUT2D eigenvalue weighted by Gasteiger charge is 2.09. The van der Waals surface area contributed by atoms with Crippen LogP contribution in [-0.2, 0) is 0 Å². The maximum absolute atomic E-state index is 10.2. The molecule has 2 rings (SSSR count). The average molecular weight is 334 g/mol. The number of fused-ring (bicyclic) bond motifs is 1. The SMILES string of the molecule is C#CCCC(O)c1ccc2cc(N(C)CCN(C)CC#C)ccc2c1. The summed E-state index contributed by atoms with van der Waals surface area (Å²) in [5.41, 5.74) is 2.09. The number of hydrogen-bond donors (Lipinski definition) is 1. The summed E-state index contributed by atoms with van der Waals surface area (Å²) < 4.78 is 0. The summed E-state index contributed by atoms with van der Waals surface area (Å²) in [5.74, 6) is 5.23. The smallest absolute Gasteiger partial charge is 0.0799 e. The van der Waals surface area contributed by atoms with Crippen LogP contribution in [0.5, 0.6) is 0 Å². The molecule has 1 N–H and O–H groups in total. The van der Waals surface area contributed by atoms with Gasteiger partial charge in [0.15, 0.2) is 0 Å². The molecule has 3 nitrogen and oxygen atoms in total. The summed E-state index contributed by atoms with van der Waals surface area (Å²) in [6.07, 6.45) is 11.3. The Morgan fingerprint density at radius 2 is 1.72 bits per heavy atom. The topological polar surface area (TPSA) is 26.7 Å². The van der Waals surface area contributed by atoms with Crippen molar-refractivity contribution in [2.45, 2.75) is 18.9 Å². The highest BCUT2D eigenvalue weighted by molar-refractivity contribution is 5.86. The Balaban J connectivity index is 2.09. The number of terminal acetylenes is 2. The van der Waals surface area contributed by atoms with Crippen LogP contribution in [0.1, 0.15) is 24.5 Å². The van der Waals surface area contributed by atoms with Crippen LogP contribution in [0.15, 0.2) is 36.4 Å². The van der Waals surface area contributed by atoms with Crippen LogP contribution in [0, 0.1) is 24.7 Å². The van der Waals surface area contributed by atoms with E-state index in [1.807, 2.05) is 19.2 Å². The third-order valence-corrected chi connectivity index (χ3v) is 4.41. The molecule has 0 spiro atoms. The summed E-state index contributed by atoms with van der Waals surface area (Å²) in [7, 11) is 4.12. The van der Waals surface area contributed by atoms with Crippen LogP contribution in [-0.4, -0.2) is 43.7 Å². The van der Waals surface area contributed by atoms with E-state index in [-0.39, 0.29) is 0 Å². The number of rotatable bonds is 8. The van der Waals surface area contributed by atoms with E-state index in [1.165, 1.54) is 5.69 Å². The van der Waals surface area contributed by atoms with E-state index in [9.17, 15) is 5.11 Å². The van der Waals surface area contributed by atoms with Crippen molar-refractivity contribution in [2.75, 3.05) is 38.6 Å². The van der Waals surface area contributed by atoms with Crippen LogP contribution < -0.4 is 4.90 Å². The number of likely N-dealkylation sites (N-methyl/N-ethyl adjacent to an activating group) is 2. The van der Waals surface area contributed by atoms with E-state index in [2.05, 4.69) is 53.0 Å². The Bertz CT molecular complexity index is 785. The van der Waals surface area contributed by atoms with Gasteiger partial charge in [0.05, 0.1) is 12.6 Å². The van der Waals surface area contributed by atoms with Gasteiger partial charge >= 0.3 is 0 Å². The number of aliphatic hydroxyl groups excluding tert-OH is 1. The standard InChI is InChI=1S/C22H26N2O/c1-5-7-8-22(25)20-10-9-19-17-21(12-11-18(19)16-20)24(4)15-14-23(3)13-6-2/h1-2,9-12,16-17,22,25H,7-8,13-15H2,3-4H3. The maximum Gasteiger partial charge on any atom is 0.0799 e. The second-order valence-electron chi connectivity index (χ2n) is 6.41. The number of anilines is 1. The number of hydrogen-bond acceptors (Lipinski definition) is 3. The molecule has 0 amide bonds. The van der Waals surface area contributed by atoms with E-state index >= 15 is 0 Å². The summed E-state index contributed by atoms with van der Waals surface area (Å²) in [5, 5.41) is 12.5. The normalized spacial score (nSPS) is 11.9. The minimum atomic E-state index is -0.505. The highest BCUT2D eigenvalue weighted by Crippen LogP contribution is 2.26. The summed E-state index contributed by atoms with van der Waals surface area (Å²) in [4.78, 5) is 4.35. The Morgan fingerprint density at radius 3 is 2.44 bits per heavy atom. The zero-order valence-corrected chi connectivity index (χ0v) is 15.1. The molecule has 0 aliphatic rings. The van der Waals surface area contributed by atoms with Gasteiger partial charge in [0, 0.05) is 32.2 Å². The van der Waals surface area contributed by atoms with E-state index in [4.69, 9.17) is 12.8 Å². The van der Waals surface area contributed by atoms with Crippen LogP contribution in [0.2, 0.25) is 0 Å². The molecule has 0 bridgehead atoms. The largest absolute Gasteiger partial charge is 0.388 e. The molecular weight excluding hydrogens is 308 g/mol. The lowest BCUT2D eigenvalue weighted by molar-refractivity contribution is 0.169. The first-order chi connectivity index (χ1) is 12.0. The number of aliphatic hydroxyl groups is 1. The molecule has 130 valence electrons. The first-order valence-corrected chi connectivity index (χ1v) is 8.53. The first kappa shape index (κ1) is 18.9. The van der Waals surface area contributed by atoms with Crippen molar-refractivity contribution in [2.24, 2.45) is 0 Å². The summed E-state index contributed by atoms with van der Waals surface area (Å²) in [6.45, 7) is 2.49. The van der Waals surface area contributed by atoms with Crippen molar-refractivity contribution < 1.29 is 5.11 Å². The minimum absolute atomic E-state index is 0.505. The fourth-order valence-electron chi connectivity index (χ4n) is 2.77. The fraction of sp³-hybridized carbons (Fsp3) is 0.364. The second-order valence-corrected chi connectivity index (χ2v) is 6.41. The summed E-state index contributed by atoms with van der Waals surface area (Å²) in [6, 6.07) is 12.5. The average Bonchev–Trinajstić information content (AvgIpc) is 2.63. The zero-order valence-electron chi connectivity index (χ0n) is 15.1. The molecule has 0 heterocycles. The molecule has 0 aliphatic carbocycles. The molecule has 0 fully saturated rings. The quantitative estimate of drug-likeness (QED) is 0.751. The van der Waals surface area contributed by atoms with Crippen molar-refractivity contribution >= 4 is 16.5 Å². The van der Waals surface area contributed by atoms with Crippen LogP contribution in [0.4, 0.5) is 5.69 Å². The molecule has 3 heteroatoms. The van der Waals surface area contributed by atoms with Gasteiger partial charge < -0.3 is 10.0 Å². The monoisotopic (exact) mass is 334 g/mol. The molecule has 0 saturated carbocycles. The Kier molecular flexibility index (Phi) is 6.90. The third-order valence-electron chi connectivity index (χ3n) is 4.41. The highest BCUT2D eigenvalue weighted by atomic mass is 16.3. The van der Waals surface area contributed by atoms with Crippen molar-refractivity contribution in [1.82, 2.24) is 4.90 Å². The predicted molar refractivity (Wildman–Crippen MR) is 107 cm³/mol. The maximum atomic E-state index is 10.2. The predicted octanol–water partition coefficient (Wildman–Crippen LogP) is 3.29. The second kappa shape index (κ2) is 9.14. The first-order valence-electron chi connectivity index (χ1n) is 8.53. The van der Waals surface area contributed by atoms with Gasteiger partial charge in [-0.05, 0) is 48.0 Å². The van der Waals surface area contributed by atoms with Crippen molar-refractivity contribution in [1.29, 1.82) is 0 Å². The van der Waals surface area contributed by atoms with Crippen molar-refractivity contribution in [3.8, 4) is 24.7 Å². The molecule has 0 aliphatic heterocycles. The van der Waals surface area contributed by atoms with Crippen molar-refractivity contribution in [3.05, 3.63) is 42.0 Å². The van der Waals surface area contributed by atoms with E-state index in [1.54, 1.807) is 0 Å². The summed E-state index contributed by atoms with van der Waals surface area (Å²) >= 11 is 0. The molecule has 25 heavy (non-hydrogen) atoms. The van der Waals surface area contributed by atoms with E-state index in [0.717, 1.165) is 29.4 Å². The molecule has 0 aromatic heterocycles. The molecule has 2 aromatic rings. The van der Waals surface area contributed by atoms with Gasteiger partial charge in [-0.3, -0.25) is 4.90 Å². The Hall–Kier alpha value is -2.46. The Morgan fingerprint density at radius 1 is 1.00 bits per heavy atom. The van der Waals surface area contributed by atoms with Gasteiger partial charge in [-0.25, -0.2) is 0 Å². The van der Waals surface area contributed by atoms with Gasteiger partial charge in [-0.1, -0.05) is 24.1 Å². The van der Waals surface area contributed by atoms with E-state index in [0.29, 0.717) is 19.4 Å². The van der Waals surface area contributed by atoms with Gasteiger partial charge in [0.2, 0.25) is 0 Å². The lowest BCUT2D eigenvalue weighted by Crippen LogP contribution is -2.30. The van der Waals surface area contributed by atoms with Crippen molar-refractivity contribution in [3.63, 3.8) is 0 Å². The molecular formula is C22H26N2O. The van der Waals surface area contributed by atoms with Gasteiger partial charge in [0.1, 0.15) is 0 Å². The lowest BCUT2D eigenvalue weighted by atomic mass is 10.0. The Labute approximate surface area is 151 Å². The molecule has 1 atom stereocenters. The minimum Gasteiger partial charge on any atom is -0.388 e.